The minimum absolute atomic E-state index is 0.424. The molecule has 0 heterocycles. The highest BCUT2D eigenvalue weighted by Crippen LogP contribution is 2.21. The van der Waals surface area contributed by atoms with Crippen LogP contribution >= 0.6 is 15.9 Å². The highest BCUT2D eigenvalue weighted by molar-refractivity contribution is 9.10. The van der Waals surface area contributed by atoms with Crippen molar-refractivity contribution < 1.29 is 24.6 Å². The molecule has 0 spiro atoms. The molecule has 1 aromatic carbocycles. The number of halogens is 1. The zero-order valence-corrected chi connectivity index (χ0v) is 11.3. The summed E-state index contributed by atoms with van der Waals surface area (Å²) in [6.45, 7) is -1.38. The molecular formula is C11H11BrN2O5. The zero-order chi connectivity index (χ0) is 14.4. The molecule has 0 fully saturated rings. The lowest BCUT2D eigenvalue weighted by Gasteiger charge is -2.19. The van der Waals surface area contributed by atoms with Gasteiger partial charge in [-0.3, -0.25) is 9.59 Å². The average molecular weight is 331 g/mol. The van der Waals surface area contributed by atoms with Crippen molar-refractivity contribution in [3.05, 3.63) is 28.7 Å². The van der Waals surface area contributed by atoms with Crippen molar-refractivity contribution in [3.8, 4) is 0 Å². The van der Waals surface area contributed by atoms with Gasteiger partial charge in [-0.1, -0.05) is 12.1 Å². The van der Waals surface area contributed by atoms with Crippen LogP contribution in [0.3, 0.4) is 0 Å². The van der Waals surface area contributed by atoms with Gasteiger partial charge in [0.05, 0.1) is 5.69 Å². The Balaban J connectivity index is 2.79. The first kappa shape index (κ1) is 15.0. The number of carbonyl (C=O) groups is 3. The topological polar surface area (TPSA) is 107 Å². The van der Waals surface area contributed by atoms with Gasteiger partial charge in [0.15, 0.2) is 0 Å². The summed E-state index contributed by atoms with van der Waals surface area (Å²) in [6.07, 6.45) is 0. The van der Waals surface area contributed by atoms with Crippen LogP contribution in [0.5, 0.6) is 0 Å². The number of rotatable bonds is 5. The second-order valence-corrected chi connectivity index (χ2v) is 4.41. The number of carboxylic acids is 2. The number of amides is 2. The molecule has 1 aromatic rings. The molecule has 0 atom stereocenters. The van der Waals surface area contributed by atoms with E-state index >= 15 is 0 Å². The number of aliphatic carboxylic acids is 2. The molecule has 0 unspecified atom stereocenters. The fraction of sp³-hybridized carbons (Fsp3) is 0.182. The Hall–Kier alpha value is -2.09. The molecule has 8 heteroatoms. The minimum Gasteiger partial charge on any atom is -0.480 e. The number of carbonyl (C=O) groups excluding carboxylic acids is 1. The molecule has 2 amide bonds. The molecule has 0 saturated heterocycles. The largest absolute Gasteiger partial charge is 0.480 e. The number of para-hydroxylation sites is 1. The summed E-state index contributed by atoms with van der Waals surface area (Å²) >= 11 is 3.21. The lowest BCUT2D eigenvalue weighted by Crippen LogP contribution is -2.42. The van der Waals surface area contributed by atoms with Gasteiger partial charge in [0.2, 0.25) is 0 Å². The van der Waals surface area contributed by atoms with Gasteiger partial charge >= 0.3 is 18.0 Å². The summed E-state index contributed by atoms with van der Waals surface area (Å²) in [5.74, 6) is -2.58. The molecule has 0 bridgehead atoms. The molecule has 0 aliphatic carbocycles. The van der Waals surface area contributed by atoms with Crippen LogP contribution in [-0.4, -0.2) is 46.2 Å². The number of carboxylic acid groups (broad SMARTS) is 2. The molecular weight excluding hydrogens is 320 g/mol. The van der Waals surface area contributed by atoms with Crippen LogP contribution < -0.4 is 5.32 Å². The van der Waals surface area contributed by atoms with E-state index in [1.807, 2.05) is 0 Å². The van der Waals surface area contributed by atoms with E-state index in [-0.39, 0.29) is 0 Å². The van der Waals surface area contributed by atoms with Gasteiger partial charge < -0.3 is 20.4 Å². The van der Waals surface area contributed by atoms with Crippen molar-refractivity contribution in [1.82, 2.24) is 4.90 Å². The second kappa shape index (κ2) is 6.74. The highest BCUT2D eigenvalue weighted by Gasteiger charge is 2.20. The fourth-order valence-electron chi connectivity index (χ4n) is 1.28. The van der Waals surface area contributed by atoms with Gasteiger partial charge in [-0.2, -0.15) is 0 Å². The number of benzene rings is 1. The van der Waals surface area contributed by atoms with E-state index in [0.717, 1.165) is 0 Å². The van der Waals surface area contributed by atoms with Crippen molar-refractivity contribution in [1.29, 1.82) is 0 Å². The molecule has 7 nitrogen and oxygen atoms in total. The summed E-state index contributed by atoms with van der Waals surface area (Å²) in [6, 6.07) is 5.91. The Morgan fingerprint density at radius 1 is 1.11 bits per heavy atom. The maximum Gasteiger partial charge on any atom is 0.323 e. The van der Waals surface area contributed by atoms with E-state index in [2.05, 4.69) is 21.2 Å². The van der Waals surface area contributed by atoms with Crippen molar-refractivity contribution in [2.75, 3.05) is 18.4 Å². The summed E-state index contributed by atoms with van der Waals surface area (Å²) in [7, 11) is 0. The van der Waals surface area contributed by atoms with Crippen LogP contribution in [-0.2, 0) is 9.59 Å². The first-order valence-corrected chi connectivity index (χ1v) is 5.93. The van der Waals surface area contributed by atoms with Gasteiger partial charge in [0.25, 0.3) is 0 Å². The number of anilines is 1. The number of hydrogen-bond acceptors (Lipinski definition) is 3. The van der Waals surface area contributed by atoms with E-state index in [1.165, 1.54) is 0 Å². The van der Waals surface area contributed by atoms with E-state index in [9.17, 15) is 14.4 Å². The third-order valence-electron chi connectivity index (χ3n) is 2.05. The van der Waals surface area contributed by atoms with E-state index in [4.69, 9.17) is 10.2 Å². The second-order valence-electron chi connectivity index (χ2n) is 3.55. The third-order valence-corrected chi connectivity index (χ3v) is 2.75. The van der Waals surface area contributed by atoms with Crippen molar-refractivity contribution >= 4 is 39.6 Å². The fourth-order valence-corrected chi connectivity index (χ4v) is 1.67. The maximum atomic E-state index is 11.8. The lowest BCUT2D eigenvalue weighted by atomic mass is 10.3. The Labute approximate surface area is 117 Å². The summed E-state index contributed by atoms with van der Waals surface area (Å²) in [4.78, 5) is 33.7. The van der Waals surface area contributed by atoms with E-state index < -0.39 is 31.1 Å². The molecule has 1 rings (SSSR count). The van der Waals surface area contributed by atoms with Crippen LogP contribution in [0.25, 0.3) is 0 Å². The predicted molar refractivity (Wildman–Crippen MR) is 70.0 cm³/mol. The first-order chi connectivity index (χ1) is 8.90. The number of nitrogens with zero attached hydrogens (tertiary/aromatic N) is 1. The smallest absolute Gasteiger partial charge is 0.323 e. The van der Waals surface area contributed by atoms with Gasteiger partial charge in [-0.15, -0.1) is 0 Å². The van der Waals surface area contributed by atoms with Crippen LogP contribution in [0.15, 0.2) is 28.7 Å². The molecule has 0 aliphatic rings. The highest BCUT2D eigenvalue weighted by atomic mass is 79.9. The summed E-state index contributed by atoms with van der Waals surface area (Å²) < 4.78 is 0.606. The number of nitrogens with one attached hydrogen (secondary N) is 1. The van der Waals surface area contributed by atoms with Crippen molar-refractivity contribution in [2.45, 2.75) is 0 Å². The Morgan fingerprint density at radius 2 is 1.63 bits per heavy atom. The number of hydrogen-bond donors (Lipinski definition) is 3. The molecule has 0 saturated carbocycles. The van der Waals surface area contributed by atoms with Gasteiger partial charge in [-0.05, 0) is 28.1 Å². The normalized spacial score (nSPS) is 9.74. The lowest BCUT2D eigenvalue weighted by molar-refractivity contribution is -0.140. The molecule has 102 valence electrons. The first-order valence-electron chi connectivity index (χ1n) is 5.14. The van der Waals surface area contributed by atoms with Gasteiger partial charge in [0.1, 0.15) is 13.1 Å². The number of urea groups is 1. The molecule has 0 aliphatic heterocycles. The van der Waals surface area contributed by atoms with E-state index in [1.54, 1.807) is 24.3 Å². The van der Waals surface area contributed by atoms with Crippen LogP contribution in [0.1, 0.15) is 0 Å². The summed E-state index contributed by atoms with van der Waals surface area (Å²) in [5, 5.41) is 19.7. The van der Waals surface area contributed by atoms with Crippen molar-refractivity contribution in [2.24, 2.45) is 0 Å². The molecule has 0 radical (unpaired) electrons. The minimum atomic E-state index is -1.29. The SMILES string of the molecule is O=C(O)CN(CC(=O)O)C(=O)Nc1ccccc1Br. The van der Waals surface area contributed by atoms with Crippen LogP contribution in [0, 0.1) is 0 Å². The van der Waals surface area contributed by atoms with Crippen LogP contribution in [0.4, 0.5) is 10.5 Å². The van der Waals surface area contributed by atoms with Gasteiger partial charge in [-0.25, -0.2) is 4.79 Å². The Morgan fingerprint density at radius 3 is 2.11 bits per heavy atom. The predicted octanol–water partition coefficient (Wildman–Crippen LogP) is 1.45. The molecule has 3 N–H and O–H groups in total. The van der Waals surface area contributed by atoms with Crippen LogP contribution in [0.2, 0.25) is 0 Å². The Bertz CT molecular complexity index is 490. The molecule has 0 aromatic heterocycles. The van der Waals surface area contributed by atoms with E-state index in [0.29, 0.717) is 15.1 Å². The van der Waals surface area contributed by atoms with Gasteiger partial charge in [0, 0.05) is 4.47 Å². The Kier molecular flexibility index (Phi) is 5.31. The summed E-state index contributed by atoms with van der Waals surface area (Å²) in [5.41, 5.74) is 0.424. The average Bonchev–Trinajstić information content (AvgIpc) is 2.30. The van der Waals surface area contributed by atoms with Crippen molar-refractivity contribution in [3.63, 3.8) is 0 Å². The monoisotopic (exact) mass is 330 g/mol. The standard InChI is InChI=1S/C11H11BrN2O5/c12-7-3-1-2-4-8(7)13-11(19)14(5-9(15)16)6-10(17)18/h1-4H,5-6H2,(H,13,19)(H,15,16)(H,17,18). The molecule has 19 heavy (non-hydrogen) atoms. The quantitative estimate of drug-likeness (QED) is 0.757. The zero-order valence-electron chi connectivity index (χ0n) is 9.67. The third kappa shape index (κ3) is 4.96. The maximum absolute atomic E-state index is 11.8.